The smallest absolute Gasteiger partial charge is 0.0724 e. The van der Waals surface area contributed by atoms with Crippen LogP contribution < -0.4 is 0 Å². The molecule has 1 fully saturated rings. The Morgan fingerprint density at radius 2 is 2.00 bits per heavy atom. The molecular weight excluding hydrogens is 236 g/mol. The standard InChI is InChI=1S/C17H22O2/c1-13-11-15(17(19)12-13)8-10-16(18)9-7-14-5-3-2-4-6-14/h2-6,8,10,15-19H,1,7,9,11-12H2. The largest absolute Gasteiger partial charge is 0.392 e. The van der Waals surface area contributed by atoms with E-state index in [2.05, 4.69) is 18.7 Å². The van der Waals surface area contributed by atoms with Crippen LogP contribution in [0.3, 0.4) is 0 Å². The number of rotatable bonds is 5. The molecule has 3 unspecified atom stereocenters. The first-order valence-electron chi connectivity index (χ1n) is 6.90. The summed E-state index contributed by atoms with van der Waals surface area (Å²) in [7, 11) is 0. The van der Waals surface area contributed by atoms with Gasteiger partial charge in [0.15, 0.2) is 0 Å². The molecule has 1 saturated carbocycles. The number of hydrogen-bond donors (Lipinski definition) is 2. The molecule has 1 aliphatic carbocycles. The van der Waals surface area contributed by atoms with Gasteiger partial charge in [-0.25, -0.2) is 0 Å². The van der Waals surface area contributed by atoms with Gasteiger partial charge in [0, 0.05) is 5.92 Å². The molecule has 0 aromatic heterocycles. The Labute approximate surface area is 115 Å². The van der Waals surface area contributed by atoms with Crippen molar-refractivity contribution in [3.05, 3.63) is 60.2 Å². The van der Waals surface area contributed by atoms with Gasteiger partial charge < -0.3 is 10.2 Å². The third-order valence-electron chi connectivity index (χ3n) is 3.67. The monoisotopic (exact) mass is 258 g/mol. The van der Waals surface area contributed by atoms with Gasteiger partial charge in [-0.15, -0.1) is 0 Å². The fourth-order valence-corrected chi connectivity index (χ4v) is 2.52. The van der Waals surface area contributed by atoms with E-state index in [1.165, 1.54) is 5.56 Å². The van der Waals surface area contributed by atoms with Crippen molar-refractivity contribution >= 4 is 0 Å². The lowest BCUT2D eigenvalue weighted by molar-refractivity contribution is 0.153. The molecule has 2 heteroatoms. The SMILES string of the molecule is C=C1CC(O)C(C=CC(O)CCc2ccccc2)C1. The van der Waals surface area contributed by atoms with Gasteiger partial charge in [-0.3, -0.25) is 0 Å². The third-order valence-corrected chi connectivity index (χ3v) is 3.67. The summed E-state index contributed by atoms with van der Waals surface area (Å²) in [6, 6.07) is 10.2. The summed E-state index contributed by atoms with van der Waals surface area (Å²) >= 11 is 0. The first-order chi connectivity index (χ1) is 9.15. The van der Waals surface area contributed by atoms with Crippen molar-refractivity contribution in [2.24, 2.45) is 5.92 Å². The maximum atomic E-state index is 9.93. The van der Waals surface area contributed by atoms with E-state index in [0.717, 1.165) is 18.4 Å². The molecule has 1 aromatic rings. The van der Waals surface area contributed by atoms with Gasteiger partial charge in [0.1, 0.15) is 0 Å². The number of aryl methyl sites for hydroxylation is 1. The van der Waals surface area contributed by atoms with Crippen molar-refractivity contribution in [2.45, 2.75) is 37.9 Å². The summed E-state index contributed by atoms with van der Waals surface area (Å²) in [5.41, 5.74) is 2.34. The van der Waals surface area contributed by atoms with Crippen LogP contribution in [0.2, 0.25) is 0 Å². The first kappa shape index (κ1) is 14.0. The van der Waals surface area contributed by atoms with E-state index in [1.807, 2.05) is 30.4 Å². The van der Waals surface area contributed by atoms with Crippen LogP contribution in [0, 0.1) is 5.92 Å². The molecular formula is C17H22O2. The Balaban J connectivity index is 1.78. The van der Waals surface area contributed by atoms with Crippen LogP contribution in [0.1, 0.15) is 24.8 Å². The lowest BCUT2D eigenvalue weighted by atomic mass is 10.0. The highest BCUT2D eigenvalue weighted by Gasteiger charge is 2.25. The summed E-state index contributed by atoms with van der Waals surface area (Å²) < 4.78 is 0. The molecule has 0 saturated heterocycles. The van der Waals surface area contributed by atoms with Gasteiger partial charge in [0.25, 0.3) is 0 Å². The molecule has 102 valence electrons. The molecule has 1 aromatic carbocycles. The molecule has 0 heterocycles. The second-order valence-electron chi connectivity index (χ2n) is 5.37. The maximum absolute atomic E-state index is 9.93. The molecule has 2 rings (SSSR count). The number of benzene rings is 1. The van der Waals surface area contributed by atoms with Crippen LogP contribution in [-0.4, -0.2) is 22.4 Å². The summed E-state index contributed by atoms with van der Waals surface area (Å²) in [5.74, 6) is 0.124. The van der Waals surface area contributed by atoms with Crippen LogP contribution in [0.25, 0.3) is 0 Å². The van der Waals surface area contributed by atoms with E-state index in [9.17, 15) is 10.2 Å². The molecule has 2 nitrogen and oxygen atoms in total. The number of aliphatic hydroxyl groups excluding tert-OH is 2. The number of aliphatic hydroxyl groups is 2. The summed E-state index contributed by atoms with van der Waals surface area (Å²) in [6.07, 6.45) is 6.09. The molecule has 0 radical (unpaired) electrons. The molecule has 0 amide bonds. The predicted molar refractivity (Wildman–Crippen MR) is 77.8 cm³/mol. The highest BCUT2D eigenvalue weighted by molar-refractivity contribution is 5.15. The second kappa shape index (κ2) is 6.69. The van der Waals surface area contributed by atoms with E-state index in [1.54, 1.807) is 0 Å². The van der Waals surface area contributed by atoms with Gasteiger partial charge >= 0.3 is 0 Å². The minimum absolute atomic E-state index is 0.124. The Bertz CT molecular complexity index is 436. The van der Waals surface area contributed by atoms with E-state index in [-0.39, 0.29) is 12.0 Å². The van der Waals surface area contributed by atoms with Crippen LogP contribution in [0.15, 0.2) is 54.6 Å². The van der Waals surface area contributed by atoms with Crippen molar-refractivity contribution < 1.29 is 10.2 Å². The average Bonchev–Trinajstić information content (AvgIpc) is 2.73. The van der Waals surface area contributed by atoms with Gasteiger partial charge in [-0.1, -0.05) is 54.6 Å². The van der Waals surface area contributed by atoms with Gasteiger partial charge in [-0.05, 0) is 31.2 Å². The van der Waals surface area contributed by atoms with E-state index in [0.29, 0.717) is 12.8 Å². The number of hydrogen-bond acceptors (Lipinski definition) is 2. The van der Waals surface area contributed by atoms with Crippen molar-refractivity contribution in [3.63, 3.8) is 0 Å². The third kappa shape index (κ3) is 4.34. The first-order valence-corrected chi connectivity index (χ1v) is 6.90. The van der Waals surface area contributed by atoms with Crippen LogP contribution in [-0.2, 0) is 6.42 Å². The second-order valence-corrected chi connectivity index (χ2v) is 5.37. The molecule has 19 heavy (non-hydrogen) atoms. The minimum Gasteiger partial charge on any atom is -0.392 e. The molecule has 0 aliphatic heterocycles. The Morgan fingerprint density at radius 3 is 2.63 bits per heavy atom. The van der Waals surface area contributed by atoms with Crippen molar-refractivity contribution in [1.82, 2.24) is 0 Å². The zero-order valence-electron chi connectivity index (χ0n) is 11.2. The summed E-state index contributed by atoms with van der Waals surface area (Å²) in [5, 5.41) is 19.7. The van der Waals surface area contributed by atoms with E-state index >= 15 is 0 Å². The highest BCUT2D eigenvalue weighted by atomic mass is 16.3. The van der Waals surface area contributed by atoms with Gasteiger partial charge in [0.05, 0.1) is 12.2 Å². The molecule has 0 bridgehead atoms. The summed E-state index contributed by atoms with van der Waals surface area (Å²) in [6.45, 7) is 3.90. The fourth-order valence-electron chi connectivity index (χ4n) is 2.52. The van der Waals surface area contributed by atoms with Crippen LogP contribution in [0.5, 0.6) is 0 Å². The molecule has 1 aliphatic rings. The predicted octanol–water partition coefficient (Wildman–Crippen LogP) is 2.86. The normalized spacial score (nSPS) is 25.1. The minimum atomic E-state index is -0.443. The Morgan fingerprint density at radius 1 is 1.26 bits per heavy atom. The van der Waals surface area contributed by atoms with Crippen molar-refractivity contribution in [3.8, 4) is 0 Å². The van der Waals surface area contributed by atoms with E-state index < -0.39 is 6.10 Å². The van der Waals surface area contributed by atoms with E-state index in [4.69, 9.17) is 0 Å². The van der Waals surface area contributed by atoms with Gasteiger partial charge in [0.2, 0.25) is 0 Å². The Hall–Kier alpha value is -1.38. The lowest BCUT2D eigenvalue weighted by Gasteiger charge is -2.10. The molecule has 3 atom stereocenters. The topological polar surface area (TPSA) is 40.5 Å². The van der Waals surface area contributed by atoms with Crippen molar-refractivity contribution in [1.29, 1.82) is 0 Å². The molecule has 0 spiro atoms. The fraction of sp³-hybridized carbons (Fsp3) is 0.412. The average molecular weight is 258 g/mol. The lowest BCUT2D eigenvalue weighted by Crippen LogP contribution is -2.11. The zero-order chi connectivity index (χ0) is 13.7. The van der Waals surface area contributed by atoms with Crippen LogP contribution >= 0.6 is 0 Å². The quantitative estimate of drug-likeness (QED) is 0.797. The van der Waals surface area contributed by atoms with Crippen LogP contribution in [0.4, 0.5) is 0 Å². The highest BCUT2D eigenvalue weighted by Crippen LogP contribution is 2.30. The van der Waals surface area contributed by atoms with Gasteiger partial charge in [-0.2, -0.15) is 0 Å². The molecule has 2 N–H and O–H groups in total. The maximum Gasteiger partial charge on any atom is 0.0724 e. The summed E-state index contributed by atoms with van der Waals surface area (Å²) in [4.78, 5) is 0. The Kier molecular flexibility index (Phi) is 4.94. The van der Waals surface area contributed by atoms with Crippen molar-refractivity contribution in [2.75, 3.05) is 0 Å². The zero-order valence-corrected chi connectivity index (χ0v) is 11.2.